The Kier molecular flexibility index (Phi) is 7.73. The molecule has 3 N–H and O–H groups in total. The van der Waals surface area contributed by atoms with Gasteiger partial charge in [0.15, 0.2) is 5.13 Å². The van der Waals surface area contributed by atoms with Crippen LogP contribution >= 0.6 is 11.3 Å². The maximum absolute atomic E-state index is 12.7. The summed E-state index contributed by atoms with van der Waals surface area (Å²) in [5.74, 6) is 0.309. The van der Waals surface area contributed by atoms with Gasteiger partial charge in [0.05, 0.1) is 27.9 Å². The van der Waals surface area contributed by atoms with E-state index in [2.05, 4.69) is 36.9 Å². The summed E-state index contributed by atoms with van der Waals surface area (Å²) < 4.78 is 49.8. The van der Waals surface area contributed by atoms with Crippen molar-refractivity contribution in [2.24, 2.45) is 0 Å². The van der Waals surface area contributed by atoms with Crippen LogP contribution in [0.15, 0.2) is 36.4 Å². The number of aliphatic hydroxyl groups is 1. The van der Waals surface area contributed by atoms with Gasteiger partial charge in [-0.05, 0) is 62.8 Å². The van der Waals surface area contributed by atoms with E-state index in [1.54, 1.807) is 7.11 Å². The lowest BCUT2D eigenvalue weighted by atomic mass is 10.0. The van der Waals surface area contributed by atoms with E-state index < -0.39 is 12.6 Å². The van der Waals surface area contributed by atoms with E-state index in [-0.39, 0.29) is 11.8 Å². The second-order valence-corrected chi connectivity index (χ2v) is 10.3. The maximum Gasteiger partial charge on any atom is 0.573 e. The molecule has 0 radical (unpaired) electrons. The Labute approximate surface area is 221 Å². The van der Waals surface area contributed by atoms with Gasteiger partial charge < -0.3 is 29.4 Å². The smallest absolute Gasteiger partial charge is 0.406 e. The van der Waals surface area contributed by atoms with Crippen LogP contribution < -0.4 is 15.4 Å². The SMILES string of the molecule is COCCNC(O)c1ccc2c(c1)nc(Nc1nc3ccc(OC(F)(F)F)cc3s1)n2C1CCN(C)CC1. The third-order valence-corrected chi connectivity index (χ3v) is 7.47. The zero-order valence-corrected chi connectivity index (χ0v) is 21.8. The molecule has 1 saturated heterocycles. The minimum absolute atomic E-state index is 0.204. The third-order valence-electron chi connectivity index (χ3n) is 6.54. The molecule has 204 valence electrons. The van der Waals surface area contributed by atoms with E-state index in [0.717, 1.165) is 37.0 Å². The number of ether oxygens (including phenoxy) is 2. The van der Waals surface area contributed by atoms with Gasteiger partial charge in [0.2, 0.25) is 5.95 Å². The van der Waals surface area contributed by atoms with Gasteiger partial charge in [0.1, 0.15) is 12.0 Å². The number of alkyl halides is 3. The van der Waals surface area contributed by atoms with Crippen LogP contribution in [0.25, 0.3) is 21.3 Å². The van der Waals surface area contributed by atoms with Crippen molar-refractivity contribution in [3.63, 3.8) is 0 Å². The number of aromatic nitrogens is 3. The van der Waals surface area contributed by atoms with Crippen LogP contribution in [0.2, 0.25) is 0 Å². The number of halogens is 3. The van der Waals surface area contributed by atoms with Crippen molar-refractivity contribution >= 4 is 43.7 Å². The monoisotopic (exact) mass is 550 g/mol. The normalized spacial score (nSPS) is 16.4. The Morgan fingerprint density at radius 2 is 1.92 bits per heavy atom. The predicted molar refractivity (Wildman–Crippen MR) is 140 cm³/mol. The summed E-state index contributed by atoms with van der Waals surface area (Å²) in [7, 11) is 3.70. The number of anilines is 2. The molecule has 3 heterocycles. The van der Waals surface area contributed by atoms with Crippen LogP contribution in [0.5, 0.6) is 5.75 Å². The van der Waals surface area contributed by atoms with Gasteiger partial charge >= 0.3 is 6.36 Å². The van der Waals surface area contributed by atoms with Gasteiger partial charge in [-0.15, -0.1) is 13.2 Å². The van der Waals surface area contributed by atoms with Crippen LogP contribution in [0, 0.1) is 0 Å². The fourth-order valence-electron chi connectivity index (χ4n) is 4.66. The molecule has 9 nitrogen and oxygen atoms in total. The molecule has 5 rings (SSSR count). The average molecular weight is 551 g/mol. The molecule has 1 aliphatic heterocycles. The number of thiazole rings is 1. The van der Waals surface area contributed by atoms with Gasteiger partial charge in [0.25, 0.3) is 0 Å². The first-order chi connectivity index (χ1) is 18.2. The zero-order valence-electron chi connectivity index (χ0n) is 21.0. The van der Waals surface area contributed by atoms with Crippen molar-refractivity contribution in [1.82, 2.24) is 24.8 Å². The molecule has 0 aliphatic carbocycles. The number of fused-ring (bicyclic) bond motifs is 2. The number of aliphatic hydroxyl groups excluding tert-OH is 1. The molecule has 13 heteroatoms. The van der Waals surface area contributed by atoms with E-state index in [0.29, 0.717) is 40.0 Å². The highest BCUT2D eigenvalue weighted by molar-refractivity contribution is 7.22. The van der Waals surface area contributed by atoms with Crippen LogP contribution in [0.1, 0.15) is 30.7 Å². The zero-order chi connectivity index (χ0) is 26.9. The third kappa shape index (κ3) is 6.02. The number of likely N-dealkylation sites (tertiary alicyclic amines) is 1. The molecule has 1 unspecified atom stereocenters. The van der Waals surface area contributed by atoms with Crippen molar-refractivity contribution in [1.29, 1.82) is 0 Å². The standard InChI is InChI=1S/C25H29F3N6O3S/c1-33-10-7-16(8-11-33)34-20-6-3-15(22(35)29-9-12-36-2)13-19(20)30-23(34)32-24-31-18-5-4-17(14-21(18)38-24)37-25(26,27)28/h3-6,13-14,16,22,29,35H,7-12H2,1-2H3,(H,30,31,32). The van der Waals surface area contributed by atoms with E-state index in [1.165, 1.54) is 29.5 Å². The van der Waals surface area contributed by atoms with Gasteiger partial charge in [-0.1, -0.05) is 17.4 Å². The molecule has 1 atom stereocenters. The summed E-state index contributed by atoms with van der Waals surface area (Å²) in [5.41, 5.74) is 2.89. The number of nitrogens with one attached hydrogen (secondary N) is 2. The Balaban J connectivity index is 1.47. The van der Waals surface area contributed by atoms with E-state index >= 15 is 0 Å². The summed E-state index contributed by atoms with van der Waals surface area (Å²) in [6.07, 6.45) is -3.74. The Morgan fingerprint density at radius 1 is 1.13 bits per heavy atom. The van der Waals surface area contributed by atoms with Crippen LogP contribution in [-0.4, -0.2) is 71.3 Å². The number of hydrogen-bond acceptors (Lipinski definition) is 9. The molecule has 0 bridgehead atoms. The lowest BCUT2D eigenvalue weighted by Crippen LogP contribution is -2.31. The van der Waals surface area contributed by atoms with E-state index in [1.807, 2.05) is 18.2 Å². The van der Waals surface area contributed by atoms with Gasteiger partial charge in [-0.2, -0.15) is 0 Å². The highest BCUT2D eigenvalue weighted by Crippen LogP contribution is 2.36. The van der Waals surface area contributed by atoms with Crippen molar-refractivity contribution in [3.8, 4) is 5.75 Å². The minimum atomic E-state index is -4.76. The molecule has 1 aliphatic rings. The lowest BCUT2D eigenvalue weighted by molar-refractivity contribution is -0.274. The summed E-state index contributed by atoms with van der Waals surface area (Å²) >= 11 is 1.22. The molecule has 38 heavy (non-hydrogen) atoms. The van der Waals surface area contributed by atoms with Crippen LogP contribution in [0.4, 0.5) is 24.3 Å². The summed E-state index contributed by atoms with van der Waals surface area (Å²) in [6, 6.07) is 9.98. The van der Waals surface area contributed by atoms with Crippen molar-refractivity contribution in [3.05, 3.63) is 42.0 Å². The fraction of sp³-hybridized carbons (Fsp3) is 0.440. The Hall–Kier alpha value is -2.97. The van der Waals surface area contributed by atoms with Crippen LogP contribution in [-0.2, 0) is 4.74 Å². The van der Waals surface area contributed by atoms with Crippen molar-refractivity contribution < 1.29 is 27.8 Å². The summed E-state index contributed by atoms with van der Waals surface area (Å²) in [5, 5.41) is 17.4. The number of nitrogens with zero attached hydrogens (tertiary/aromatic N) is 4. The Morgan fingerprint density at radius 3 is 2.66 bits per heavy atom. The summed E-state index contributed by atoms with van der Waals surface area (Å²) in [4.78, 5) is 11.7. The number of benzene rings is 2. The first kappa shape index (κ1) is 26.6. The van der Waals surface area contributed by atoms with Gasteiger partial charge in [-0.25, -0.2) is 9.97 Å². The van der Waals surface area contributed by atoms with Crippen LogP contribution in [0.3, 0.4) is 0 Å². The molecule has 0 spiro atoms. The number of rotatable bonds is 9. The predicted octanol–water partition coefficient (Wildman–Crippen LogP) is 4.78. The highest BCUT2D eigenvalue weighted by Gasteiger charge is 2.31. The van der Waals surface area contributed by atoms with E-state index in [9.17, 15) is 18.3 Å². The molecular weight excluding hydrogens is 521 g/mol. The lowest BCUT2D eigenvalue weighted by Gasteiger charge is -2.31. The molecule has 1 fully saturated rings. The van der Waals surface area contributed by atoms with E-state index in [4.69, 9.17) is 9.72 Å². The molecule has 0 saturated carbocycles. The molecule has 2 aromatic carbocycles. The minimum Gasteiger partial charge on any atom is -0.406 e. The number of hydrogen-bond donors (Lipinski definition) is 3. The first-order valence-electron chi connectivity index (χ1n) is 12.2. The molecule has 0 amide bonds. The molecular formula is C25H29F3N6O3S. The molecule has 4 aromatic rings. The average Bonchev–Trinajstić information content (AvgIpc) is 3.43. The second-order valence-electron chi connectivity index (χ2n) is 9.26. The number of imidazole rings is 1. The number of methoxy groups -OCH3 is 1. The quantitative estimate of drug-likeness (QED) is 0.202. The molecule has 2 aromatic heterocycles. The van der Waals surface area contributed by atoms with Crippen molar-refractivity contribution in [2.45, 2.75) is 31.5 Å². The largest absolute Gasteiger partial charge is 0.573 e. The maximum atomic E-state index is 12.7. The highest BCUT2D eigenvalue weighted by atomic mass is 32.1. The first-order valence-corrected chi connectivity index (χ1v) is 13.1. The fourth-order valence-corrected chi connectivity index (χ4v) is 5.55. The van der Waals surface area contributed by atoms with Crippen molar-refractivity contribution in [2.75, 3.05) is 45.7 Å². The second kappa shape index (κ2) is 11.0. The van der Waals surface area contributed by atoms with Gasteiger partial charge in [-0.3, -0.25) is 5.32 Å². The Bertz CT molecular complexity index is 1400. The number of piperidine rings is 1. The summed E-state index contributed by atoms with van der Waals surface area (Å²) in [6.45, 7) is 2.88. The van der Waals surface area contributed by atoms with Gasteiger partial charge in [0, 0.05) is 25.8 Å². The topological polar surface area (TPSA) is 96.7 Å².